The summed E-state index contributed by atoms with van der Waals surface area (Å²) < 4.78 is 68.0. The molecule has 2 nitrogen and oxygen atoms in total. The van der Waals surface area contributed by atoms with Gasteiger partial charge in [-0.1, -0.05) is 133 Å². The quantitative estimate of drug-likeness (QED) is 0.177. The van der Waals surface area contributed by atoms with Crippen LogP contribution in [0.2, 0.25) is 0 Å². The van der Waals surface area contributed by atoms with Crippen molar-refractivity contribution in [3.63, 3.8) is 0 Å². The van der Waals surface area contributed by atoms with Gasteiger partial charge in [-0.2, -0.15) is 0 Å². The zero-order valence-electron chi connectivity index (χ0n) is 33.8. The Morgan fingerprint density at radius 3 is 1.64 bits per heavy atom. The normalized spacial score (nSPS) is 13.6. The zero-order valence-corrected chi connectivity index (χ0v) is 26.8. The first-order valence-electron chi connectivity index (χ1n) is 20.1. The average molecular weight is 644 g/mol. The van der Waals surface area contributed by atoms with Gasteiger partial charge in [-0.05, 0) is 94.0 Å². The summed E-state index contributed by atoms with van der Waals surface area (Å²) in [5.41, 5.74) is 8.80. The van der Waals surface area contributed by atoms with Crippen LogP contribution in [0.1, 0.15) is 9.60 Å². The van der Waals surface area contributed by atoms with E-state index in [0.29, 0.717) is 11.3 Å². The van der Waals surface area contributed by atoms with E-state index in [1.807, 2.05) is 109 Å². The van der Waals surface area contributed by atoms with Gasteiger partial charge in [0.15, 0.2) is 0 Å². The van der Waals surface area contributed by atoms with Crippen molar-refractivity contribution < 1.29 is 9.60 Å². The van der Waals surface area contributed by atoms with Gasteiger partial charge in [0.25, 0.3) is 0 Å². The molecule has 0 bridgehead atoms. The first kappa shape index (κ1) is 22.1. The van der Waals surface area contributed by atoms with E-state index >= 15 is 0 Å². The van der Waals surface area contributed by atoms with Gasteiger partial charge in [0.1, 0.15) is 0 Å². The molecule has 0 spiro atoms. The summed E-state index contributed by atoms with van der Waals surface area (Å²) in [6, 6.07) is 48.3. The fourth-order valence-electron chi connectivity index (χ4n) is 7.19. The minimum atomic E-state index is -0.418. The van der Waals surface area contributed by atoms with Crippen LogP contribution in [0, 0.1) is 0 Å². The van der Waals surface area contributed by atoms with Gasteiger partial charge >= 0.3 is 0 Å². The van der Waals surface area contributed by atoms with E-state index in [2.05, 4.69) is 47.0 Å². The number of rotatable bonds is 5. The highest BCUT2D eigenvalue weighted by Gasteiger charge is 2.17. The lowest BCUT2D eigenvalue weighted by Crippen LogP contribution is -1.94. The molecule has 8 aromatic carbocycles. The predicted molar refractivity (Wildman–Crippen MR) is 211 cm³/mol. The maximum atomic E-state index is 9.77. The molecule has 234 valence electrons. The predicted octanol–water partition coefficient (Wildman–Crippen LogP) is 12.9. The zero-order chi connectivity index (χ0) is 39.1. The summed E-state index contributed by atoms with van der Waals surface area (Å²) in [6.45, 7) is 0. The van der Waals surface area contributed by atoms with Crippen molar-refractivity contribution in [2.24, 2.45) is 0 Å². The second-order valence-electron chi connectivity index (χ2n) is 12.4. The third kappa shape index (κ3) is 4.57. The van der Waals surface area contributed by atoms with Crippen molar-refractivity contribution in [1.82, 2.24) is 9.13 Å². The number of aromatic nitrogens is 2. The lowest BCUT2D eigenvalue weighted by atomic mass is 9.99. The topological polar surface area (TPSA) is 9.86 Å². The maximum Gasteiger partial charge on any atom is 0.0645 e. The molecular weight excluding hydrogens is 605 g/mol. The highest BCUT2D eigenvalue weighted by Crippen LogP contribution is 2.39. The van der Waals surface area contributed by atoms with Crippen LogP contribution in [-0.2, 0) is 0 Å². The highest BCUT2D eigenvalue weighted by atomic mass is 15.0. The minimum absolute atomic E-state index is 0.0711. The molecule has 10 aromatic rings. The SMILES string of the molecule is [2H]c1c([2H])c([2H])c2c(c1[2H])c1c([2H])c(-c3ccc4c(c3)c3ccc(-c5ccccc5)cc3n4-c3ccccc3)c([2H])c([2H])c1n2-c1ccc(-c2ccccc2)cc1. The minimum Gasteiger partial charge on any atom is -0.309 e. The van der Waals surface area contributed by atoms with Gasteiger partial charge in [-0.25, -0.2) is 0 Å². The van der Waals surface area contributed by atoms with Crippen molar-refractivity contribution in [2.75, 3.05) is 0 Å². The number of fused-ring (bicyclic) bond motifs is 6. The van der Waals surface area contributed by atoms with Gasteiger partial charge in [0, 0.05) is 32.9 Å². The summed E-state index contributed by atoms with van der Waals surface area (Å²) in [7, 11) is 0. The molecule has 0 amide bonds. The van der Waals surface area contributed by atoms with Crippen LogP contribution < -0.4 is 0 Å². The van der Waals surface area contributed by atoms with E-state index < -0.39 is 12.1 Å². The number of nitrogens with zero attached hydrogens (tertiary/aromatic N) is 2. The van der Waals surface area contributed by atoms with E-state index in [1.54, 1.807) is 4.57 Å². The van der Waals surface area contributed by atoms with Crippen molar-refractivity contribution in [3.05, 3.63) is 194 Å². The molecule has 10 rings (SSSR count). The number of para-hydroxylation sites is 2. The molecule has 50 heavy (non-hydrogen) atoms. The van der Waals surface area contributed by atoms with Crippen LogP contribution in [0.3, 0.4) is 0 Å². The van der Waals surface area contributed by atoms with Gasteiger partial charge in [0.2, 0.25) is 0 Å². The van der Waals surface area contributed by atoms with E-state index in [1.165, 1.54) is 0 Å². The van der Waals surface area contributed by atoms with Crippen LogP contribution in [0.15, 0.2) is 194 Å². The molecule has 0 saturated heterocycles. The molecule has 0 aliphatic rings. The number of benzene rings is 8. The van der Waals surface area contributed by atoms with Crippen LogP contribution in [-0.4, -0.2) is 9.13 Å². The molecule has 0 N–H and O–H groups in total. The molecular formula is C48H32N2. The van der Waals surface area contributed by atoms with E-state index in [9.17, 15) is 4.11 Å². The first-order valence-corrected chi connectivity index (χ1v) is 16.6. The third-order valence-corrected chi connectivity index (χ3v) is 9.57. The first-order chi connectivity index (χ1) is 27.7. The van der Waals surface area contributed by atoms with E-state index in [0.717, 1.165) is 49.7 Å². The largest absolute Gasteiger partial charge is 0.309 e. The molecule has 2 heteroatoms. The van der Waals surface area contributed by atoms with Gasteiger partial charge in [0.05, 0.1) is 31.7 Å². The lowest BCUT2D eigenvalue weighted by Gasteiger charge is -2.10. The van der Waals surface area contributed by atoms with Gasteiger partial charge in [-0.3, -0.25) is 0 Å². The molecule has 0 radical (unpaired) electrons. The summed E-state index contributed by atoms with van der Waals surface area (Å²) in [5, 5.41) is 2.27. The second-order valence-corrected chi connectivity index (χ2v) is 12.4. The Hall–Kier alpha value is -6.64. The standard InChI is InChI=1S/C48H32N2/c1-4-12-33(13-5-1)35-20-25-40(26-21-35)49-45-19-11-10-18-41(45)43-30-36(23-28-46(43)49)37-24-29-47-44(31-37)42-27-22-38(34-14-6-2-7-15-34)32-48(42)50(47)39-16-8-3-9-17-39/h1-32H/i10D,11D,18D,19D,23D,28D,30D. The van der Waals surface area contributed by atoms with E-state index in [4.69, 9.17) is 5.48 Å². The lowest BCUT2D eigenvalue weighted by molar-refractivity contribution is 1.18. The molecule has 2 aromatic heterocycles. The summed E-state index contributed by atoms with van der Waals surface area (Å²) in [5.74, 6) is 0. The number of hydrogen-bond donors (Lipinski definition) is 0. The molecule has 0 aliphatic heterocycles. The van der Waals surface area contributed by atoms with Crippen molar-refractivity contribution in [1.29, 1.82) is 0 Å². The van der Waals surface area contributed by atoms with Crippen molar-refractivity contribution >= 4 is 43.6 Å². The molecule has 0 atom stereocenters. The van der Waals surface area contributed by atoms with Crippen molar-refractivity contribution in [2.45, 2.75) is 0 Å². The Bertz CT molecular complexity index is 3230. The summed E-state index contributed by atoms with van der Waals surface area (Å²) >= 11 is 0. The van der Waals surface area contributed by atoms with Gasteiger partial charge < -0.3 is 9.13 Å². The van der Waals surface area contributed by atoms with Crippen LogP contribution in [0.5, 0.6) is 0 Å². The summed E-state index contributed by atoms with van der Waals surface area (Å²) in [6.07, 6.45) is 0. The molecule has 0 unspecified atom stereocenters. The Balaban J connectivity index is 1.24. The Morgan fingerprint density at radius 2 is 0.880 bits per heavy atom. The van der Waals surface area contributed by atoms with Crippen molar-refractivity contribution in [3.8, 4) is 44.8 Å². The summed E-state index contributed by atoms with van der Waals surface area (Å²) in [4.78, 5) is 0. The van der Waals surface area contributed by atoms with Crippen LogP contribution in [0.25, 0.3) is 88.4 Å². The second kappa shape index (κ2) is 11.5. The van der Waals surface area contributed by atoms with E-state index in [-0.39, 0.29) is 57.6 Å². The average Bonchev–Trinajstić information content (AvgIpc) is 3.79. The molecule has 0 aliphatic carbocycles. The Morgan fingerprint density at radius 1 is 0.320 bits per heavy atom. The smallest absolute Gasteiger partial charge is 0.0645 e. The van der Waals surface area contributed by atoms with Crippen LogP contribution in [0.4, 0.5) is 0 Å². The molecule has 0 fully saturated rings. The number of hydrogen-bond acceptors (Lipinski definition) is 0. The maximum absolute atomic E-state index is 9.77. The third-order valence-electron chi connectivity index (χ3n) is 9.57. The monoisotopic (exact) mass is 643 g/mol. The Labute approximate surface area is 300 Å². The fourth-order valence-corrected chi connectivity index (χ4v) is 7.19. The fraction of sp³-hybridized carbons (Fsp3) is 0. The highest BCUT2D eigenvalue weighted by molar-refractivity contribution is 6.13. The van der Waals surface area contributed by atoms with Crippen LogP contribution >= 0.6 is 0 Å². The molecule has 0 saturated carbocycles. The Kier molecular flexibility index (Phi) is 5.08. The van der Waals surface area contributed by atoms with Gasteiger partial charge in [-0.15, -0.1) is 0 Å². The molecule has 2 heterocycles.